The predicted octanol–water partition coefficient (Wildman–Crippen LogP) is 2.38. The average molecular weight is 362 g/mol. The van der Waals surface area contributed by atoms with Crippen molar-refractivity contribution in [3.8, 4) is 11.3 Å². The molecule has 1 aliphatic rings. The molecule has 0 radical (unpaired) electrons. The van der Waals surface area contributed by atoms with Gasteiger partial charge in [0.2, 0.25) is 5.91 Å². The van der Waals surface area contributed by atoms with Gasteiger partial charge in [-0.05, 0) is 6.92 Å². The Morgan fingerprint density at radius 1 is 1.56 bits per heavy atom. The van der Waals surface area contributed by atoms with Crippen molar-refractivity contribution >= 4 is 28.1 Å². The minimum Gasteiger partial charge on any atom is -0.376 e. The van der Waals surface area contributed by atoms with Crippen LogP contribution in [0.15, 0.2) is 29.6 Å². The Balaban J connectivity index is 1.62. The molecule has 2 heterocycles. The lowest BCUT2D eigenvalue weighted by atomic mass is 10.1. The van der Waals surface area contributed by atoms with Crippen LogP contribution in [0.1, 0.15) is 6.92 Å². The standard InChI is InChI=1S/C16H18N4O4S/c1-11-8-19(5-6-24-11)9-15(21)18-16-17-14(10-25-16)12-3-2-4-13(7-12)20(22)23/h2-4,7,10-11H,5-6,8-9H2,1H3,(H,17,18,21)/t11-/m0/s1. The first-order chi connectivity index (χ1) is 12.0. The summed E-state index contributed by atoms with van der Waals surface area (Å²) in [6.07, 6.45) is 0.127. The fourth-order valence-electron chi connectivity index (χ4n) is 2.64. The highest BCUT2D eigenvalue weighted by atomic mass is 32.1. The van der Waals surface area contributed by atoms with Gasteiger partial charge in [0.15, 0.2) is 5.13 Å². The van der Waals surface area contributed by atoms with Gasteiger partial charge in [0.05, 0.1) is 29.9 Å². The van der Waals surface area contributed by atoms with Gasteiger partial charge in [-0.3, -0.25) is 19.8 Å². The van der Waals surface area contributed by atoms with Crippen molar-refractivity contribution in [2.45, 2.75) is 13.0 Å². The van der Waals surface area contributed by atoms with Crippen molar-refractivity contribution < 1.29 is 14.5 Å². The normalized spacial score (nSPS) is 18.0. The van der Waals surface area contributed by atoms with Crippen LogP contribution >= 0.6 is 11.3 Å². The fourth-order valence-corrected chi connectivity index (χ4v) is 3.37. The number of carbonyl (C=O) groups is 1. The van der Waals surface area contributed by atoms with Crippen LogP contribution in [-0.2, 0) is 9.53 Å². The molecular formula is C16H18N4O4S. The Morgan fingerprint density at radius 2 is 2.40 bits per heavy atom. The molecule has 1 aromatic heterocycles. The van der Waals surface area contributed by atoms with E-state index in [-0.39, 0.29) is 17.7 Å². The van der Waals surface area contributed by atoms with E-state index in [1.54, 1.807) is 17.5 Å². The van der Waals surface area contributed by atoms with Crippen LogP contribution in [-0.4, -0.2) is 53.1 Å². The Hall–Kier alpha value is -2.36. The number of anilines is 1. The number of morpholine rings is 1. The first kappa shape index (κ1) is 17.5. The monoisotopic (exact) mass is 362 g/mol. The van der Waals surface area contributed by atoms with Crippen LogP contribution in [0, 0.1) is 10.1 Å². The SMILES string of the molecule is C[C@H]1CN(CC(=O)Nc2nc(-c3cccc([N+](=O)[O-])c3)cs2)CCO1. The summed E-state index contributed by atoms with van der Waals surface area (Å²) in [5.74, 6) is -0.131. The molecule has 1 atom stereocenters. The predicted molar refractivity (Wildman–Crippen MR) is 94.7 cm³/mol. The molecule has 2 aromatic rings. The molecule has 1 fully saturated rings. The molecular weight excluding hydrogens is 344 g/mol. The van der Waals surface area contributed by atoms with Crippen LogP contribution in [0.4, 0.5) is 10.8 Å². The number of rotatable bonds is 5. The number of hydrogen-bond acceptors (Lipinski definition) is 7. The molecule has 0 spiro atoms. The number of thiazole rings is 1. The van der Waals surface area contributed by atoms with Crippen molar-refractivity contribution in [2.24, 2.45) is 0 Å². The highest BCUT2D eigenvalue weighted by Crippen LogP contribution is 2.27. The highest BCUT2D eigenvalue weighted by molar-refractivity contribution is 7.14. The van der Waals surface area contributed by atoms with Crippen molar-refractivity contribution in [2.75, 3.05) is 31.6 Å². The lowest BCUT2D eigenvalue weighted by Crippen LogP contribution is -2.44. The number of carbonyl (C=O) groups excluding carboxylic acids is 1. The summed E-state index contributed by atoms with van der Waals surface area (Å²) >= 11 is 1.29. The van der Waals surface area contributed by atoms with E-state index in [0.29, 0.717) is 29.5 Å². The second-order valence-electron chi connectivity index (χ2n) is 5.81. The first-order valence-corrected chi connectivity index (χ1v) is 8.73. The molecule has 1 saturated heterocycles. The lowest BCUT2D eigenvalue weighted by Gasteiger charge is -2.30. The zero-order valence-electron chi connectivity index (χ0n) is 13.7. The summed E-state index contributed by atoms with van der Waals surface area (Å²) in [5, 5.41) is 15.9. The van der Waals surface area contributed by atoms with Crippen molar-refractivity contribution in [1.29, 1.82) is 0 Å². The van der Waals surface area contributed by atoms with E-state index in [1.165, 1.54) is 23.5 Å². The molecule has 1 aliphatic heterocycles. The highest BCUT2D eigenvalue weighted by Gasteiger charge is 2.19. The van der Waals surface area contributed by atoms with E-state index in [2.05, 4.69) is 10.3 Å². The van der Waals surface area contributed by atoms with Crippen LogP contribution in [0.25, 0.3) is 11.3 Å². The quantitative estimate of drug-likeness (QED) is 0.648. The van der Waals surface area contributed by atoms with Gasteiger partial charge in [-0.2, -0.15) is 0 Å². The van der Waals surface area contributed by atoms with E-state index in [9.17, 15) is 14.9 Å². The number of nitrogens with one attached hydrogen (secondary N) is 1. The summed E-state index contributed by atoms with van der Waals surface area (Å²) < 4.78 is 5.46. The molecule has 0 aliphatic carbocycles. The smallest absolute Gasteiger partial charge is 0.270 e. The van der Waals surface area contributed by atoms with Gasteiger partial charge >= 0.3 is 0 Å². The molecule has 3 rings (SSSR count). The van der Waals surface area contributed by atoms with Gasteiger partial charge in [0.1, 0.15) is 0 Å². The Kier molecular flexibility index (Phi) is 5.37. The summed E-state index contributed by atoms with van der Waals surface area (Å²) in [5.41, 5.74) is 1.26. The number of nitro groups is 1. The second kappa shape index (κ2) is 7.68. The minimum atomic E-state index is -0.443. The van der Waals surface area contributed by atoms with Gasteiger partial charge < -0.3 is 10.1 Å². The maximum Gasteiger partial charge on any atom is 0.270 e. The Morgan fingerprint density at radius 3 is 3.16 bits per heavy atom. The van der Waals surface area contributed by atoms with Crippen molar-refractivity contribution in [3.63, 3.8) is 0 Å². The fraction of sp³-hybridized carbons (Fsp3) is 0.375. The number of non-ortho nitro benzene ring substituents is 1. The topological polar surface area (TPSA) is 97.6 Å². The molecule has 1 aromatic carbocycles. The third-order valence-corrected chi connectivity index (χ3v) is 4.55. The molecule has 0 bridgehead atoms. The van der Waals surface area contributed by atoms with Crippen molar-refractivity contribution in [3.05, 3.63) is 39.8 Å². The van der Waals surface area contributed by atoms with E-state index in [1.807, 2.05) is 11.8 Å². The van der Waals surface area contributed by atoms with Crippen LogP contribution < -0.4 is 5.32 Å². The average Bonchev–Trinajstić information content (AvgIpc) is 3.03. The number of amides is 1. The number of nitro benzene ring substituents is 1. The largest absolute Gasteiger partial charge is 0.376 e. The van der Waals surface area contributed by atoms with Gasteiger partial charge in [-0.15, -0.1) is 11.3 Å². The van der Waals surface area contributed by atoms with Gasteiger partial charge in [0, 0.05) is 36.2 Å². The summed E-state index contributed by atoms with van der Waals surface area (Å²) in [6.45, 7) is 4.36. The minimum absolute atomic E-state index is 0.0116. The van der Waals surface area contributed by atoms with Gasteiger partial charge in [-0.1, -0.05) is 12.1 Å². The van der Waals surface area contributed by atoms with Gasteiger partial charge in [-0.25, -0.2) is 4.98 Å². The zero-order chi connectivity index (χ0) is 17.8. The summed E-state index contributed by atoms with van der Waals surface area (Å²) in [7, 11) is 0. The molecule has 132 valence electrons. The molecule has 9 heteroatoms. The molecule has 25 heavy (non-hydrogen) atoms. The number of hydrogen-bond donors (Lipinski definition) is 1. The number of aromatic nitrogens is 1. The summed E-state index contributed by atoms with van der Waals surface area (Å²) in [4.78, 5) is 29.0. The zero-order valence-corrected chi connectivity index (χ0v) is 14.5. The van der Waals surface area contributed by atoms with E-state index in [4.69, 9.17) is 4.74 Å². The number of benzene rings is 1. The van der Waals surface area contributed by atoms with Crippen molar-refractivity contribution in [1.82, 2.24) is 9.88 Å². The molecule has 8 nitrogen and oxygen atoms in total. The first-order valence-electron chi connectivity index (χ1n) is 7.85. The second-order valence-corrected chi connectivity index (χ2v) is 6.67. The maximum absolute atomic E-state index is 12.2. The third-order valence-electron chi connectivity index (χ3n) is 3.80. The Bertz CT molecular complexity index is 779. The van der Waals surface area contributed by atoms with E-state index >= 15 is 0 Å². The molecule has 0 saturated carbocycles. The number of nitrogens with zero attached hydrogens (tertiary/aromatic N) is 3. The maximum atomic E-state index is 12.2. The van der Waals surface area contributed by atoms with Crippen LogP contribution in [0.2, 0.25) is 0 Å². The van der Waals surface area contributed by atoms with Crippen LogP contribution in [0.5, 0.6) is 0 Å². The Labute approximate surface area is 148 Å². The third kappa shape index (κ3) is 4.59. The van der Waals surface area contributed by atoms with E-state index in [0.717, 1.165) is 13.1 Å². The molecule has 1 amide bonds. The summed E-state index contributed by atoms with van der Waals surface area (Å²) in [6, 6.07) is 6.27. The lowest BCUT2D eigenvalue weighted by molar-refractivity contribution is -0.384. The van der Waals surface area contributed by atoms with Crippen LogP contribution in [0.3, 0.4) is 0 Å². The molecule has 0 unspecified atom stereocenters. The van der Waals surface area contributed by atoms with E-state index < -0.39 is 4.92 Å². The molecule has 1 N–H and O–H groups in total. The number of ether oxygens (including phenoxy) is 1. The van der Waals surface area contributed by atoms with Gasteiger partial charge in [0.25, 0.3) is 5.69 Å².